The molecule has 2 unspecified atom stereocenters. The van der Waals surface area contributed by atoms with Gasteiger partial charge in [0.2, 0.25) is 0 Å². The molecule has 226 valence electrons. The second-order valence-electron chi connectivity index (χ2n) is 12.0. The molecule has 4 atom stereocenters. The van der Waals surface area contributed by atoms with E-state index >= 15 is 0 Å². The Morgan fingerprint density at radius 3 is 2.55 bits per heavy atom. The highest BCUT2D eigenvalue weighted by atomic mass is 19.4. The number of rotatable bonds is 6. The minimum absolute atomic E-state index is 0.0139. The van der Waals surface area contributed by atoms with Gasteiger partial charge in [-0.2, -0.15) is 18.2 Å². The SMILES string of the molecule is Cc1nc2c(N3C[C@@H](C)N(C(c4ccc(C(F)(F)F)c(F)c4)C(C)C)C[C@@H]3C)nc3nncn3c2n1CC1CCCO1. The van der Waals surface area contributed by atoms with E-state index in [0.29, 0.717) is 31.0 Å². The van der Waals surface area contributed by atoms with Crippen LogP contribution in [0.1, 0.15) is 63.5 Å². The number of anilines is 1. The number of halogens is 4. The Hall–Kier alpha value is -3.32. The predicted molar refractivity (Wildman–Crippen MR) is 150 cm³/mol. The highest BCUT2D eigenvalue weighted by molar-refractivity contribution is 5.87. The molecule has 2 aliphatic rings. The number of aryl methyl sites for hydroxylation is 1. The number of nitrogens with zero attached hydrogens (tertiary/aromatic N) is 8. The number of benzene rings is 1. The van der Waals surface area contributed by atoms with Gasteiger partial charge < -0.3 is 14.2 Å². The van der Waals surface area contributed by atoms with Crippen LogP contribution >= 0.6 is 0 Å². The lowest BCUT2D eigenvalue weighted by Gasteiger charge is -2.49. The molecule has 5 heterocycles. The maximum atomic E-state index is 14.6. The summed E-state index contributed by atoms with van der Waals surface area (Å²) in [4.78, 5) is 14.4. The van der Waals surface area contributed by atoms with Gasteiger partial charge in [0.25, 0.3) is 5.78 Å². The van der Waals surface area contributed by atoms with Crippen molar-refractivity contribution in [3.8, 4) is 0 Å². The van der Waals surface area contributed by atoms with Gasteiger partial charge >= 0.3 is 6.18 Å². The third kappa shape index (κ3) is 5.00. The van der Waals surface area contributed by atoms with E-state index in [4.69, 9.17) is 14.7 Å². The van der Waals surface area contributed by atoms with E-state index in [1.807, 2.05) is 25.2 Å². The molecule has 0 aliphatic carbocycles. The van der Waals surface area contributed by atoms with Gasteiger partial charge in [-0.15, -0.1) is 10.2 Å². The highest BCUT2D eigenvalue weighted by Gasteiger charge is 2.39. The van der Waals surface area contributed by atoms with Gasteiger partial charge in [-0.25, -0.2) is 13.8 Å². The smallest absolute Gasteiger partial charge is 0.376 e. The minimum Gasteiger partial charge on any atom is -0.376 e. The van der Waals surface area contributed by atoms with E-state index in [1.54, 1.807) is 6.33 Å². The first kappa shape index (κ1) is 28.8. The van der Waals surface area contributed by atoms with Crippen LogP contribution in [0, 0.1) is 18.7 Å². The zero-order valence-corrected chi connectivity index (χ0v) is 24.4. The van der Waals surface area contributed by atoms with Crippen molar-refractivity contribution in [1.82, 2.24) is 34.0 Å². The van der Waals surface area contributed by atoms with Crippen molar-refractivity contribution in [1.29, 1.82) is 0 Å². The average Bonchev–Trinajstić information content (AvgIpc) is 3.66. The van der Waals surface area contributed by atoms with Crippen LogP contribution in [-0.4, -0.2) is 71.9 Å². The van der Waals surface area contributed by atoms with Crippen molar-refractivity contribution in [2.75, 3.05) is 24.6 Å². The summed E-state index contributed by atoms with van der Waals surface area (Å²) < 4.78 is 64.3. The molecule has 2 saturated heterocycles. The predicted octanol–water partition coefficient (Wildman–Crippen LogP) is 5.42. The molecule has 4 aromatic rings. The quantitative estimate of drug-likeness (QED) is 0.279. The van der Waals surface area contributed by atoms with Crippen molar-refractivity contribution in [3.63, 3.8) is 0 Å². The minimum atomic E-state index is -4.73. The standard InChI is InChI=1S/C29H36F4N8O/c1-16(2)25(20-8-9-22(23(30)11-20)29(31,32)33)38-12-18(4)39(13-17(38)3)26-24-27(41-15-34-37-28(41)36-26)40(19(5)35-24)14-21-7-6-10-42-21/h8-9,11,15-18,21,25H,6-7,10,12-14H2,1-5H3/t17-,18+,21?,25?/m1/s1. The van der Waals surface area contributed by atoms with Crippen LogP contribution in [0.3, 0.4) is 0 Å². The normalized spacial score (nSPS) is 23.1. The highest BCUT2D eigenvalue weighted by Crippen LogP contribution is 2.38. The number of ether oxygens (including phenoxy) is 1. The molecular weight excluding hydrogens is 552 g/mol. The zero-order valence-electron chi connectivity index (χ0n) is 24.4. The van der Waals surface area contributed by atoms with E-state index in [9.17, 15) is 17.6 Å². The summed E-state index contributed by atoms with van der Waals surface area (Å²) in [5.74, 6) is 0.852. The second kappa shape index (κ2) is 10.7. The number of hydrogen-bond donors (Lipinski definition) is 0. The van der Waals surface area contributed by atoms with E-state index < -0.39 is 17.6 Å². The molecule has 2 aliphatic heterocycles. The van der Waals surface area contributed by atoms with Crippen molar-refractivity contribution < 1.29 is 22.3 Å². The molecule has 0 spiro atoms. The molecule has 9 nitrogen and oxygen atoms in total. The van der Waals surface area contributed by atoms with Gasteiger partial charge in [0.05, 0.1) is 18.2 Å². The second-order valence-corrected chi connectivity index (χ2v) is 12.0. The van der Waals surface area contributed by atoms with Gasteiger partial charge in [-0.1, -0.05) is 19.9 Å². The van der Waals surface area contributed by atoms with Crippen LogP contribution in [0.5, 0.6) is 0 Å². The fourth-order valence-electron chi connectivity index (χ4n) is 6.70. The van der Waals surface area contributed by atoms with Gasteiger partial charge in [-0.3, -0.25) is 4.90 Å². The molecule has 0 N–H and O–H groups in total. The number of aromatic nitrogens is 6. The first-order valence-electron chi connectivity index (χ1n) is 14.5. The topological polar surface area (TPSA) is 76.6 Å². The van der Waals surface area contributed by atoms with E-state index in [2.05, 4.69) is 38.4 Å². The summed E-state index contributed by atoms with van der Waals surface area (Å²) >= 11 is 0. The number of fused-ring (bicyclic) bond motifs is 3. The monoisotopic (exact) mass is 588 g/mol. The summed E-state index contributed by atoms with van der Waals surface area (Å²) in [6.45, 7) is 12.8. The Labute approximate surface area is 241 Å². The Balaban J connectivity index is 1.34. The van der Waals surface area contributed by atoms with Crippen LogP contribution in [0.4, 0.5) is 23.4 Å². The number of imidazole rings is 1. The molecule has 3 aromatic heterocycles. The first-order valence-corrected chi connectivity index (χ1v) is 14.5. The van der Waals surface area contributed by atoms with Crippen molar-refractivity contribution >= 4 is 22.8 Å². The van der Waals surface area contributed by atoms with E-state index in [-0.39, 0.29) is 30.1 Å². The third-order valence-electron chi connectivity index (χ3n) is 8.65. The molecule has 0 saturated carbocycles. The van der Waals surface area contributed by atoms with Gasteiger partial charge in [0, 0.05) is 37.8 Å². The van der Waals surface area contributed by atoms with Gasteiger partial charge in [0.15, 0.2) is 11.5 Å². The fourth-order valence-corrected chi connectivity index (χ4v) is 6.70. The van der Waals surface area contributed by atoms with Crippen molar-refractivity contribution in [2.24, 2.45) is 5.92 Å². The molecule has 1 aromatic carbocycles. The summed E-state index contributed by atoms with van der Waals surface area (Å²) in [6, 6.07) is 3.01. The Kier molecular flexibility index (Phi) is 7.37. The van der Waals surface area contributed by atoms with Crippen LogP contribution in [-0.2, 0) is 17.5 Å². The molecule has 6 rings (SSSR count). The molecule has 2 fully saturated rings. The summed E-state index contributed by atoms with van der Waals surface area (Å²) in [7, 11) is 0. The lowest BCUT2D eigenvalue weighted by molar-refractivity contribution is -0.140. The number of piperazine rings is 1. The van der Waals surface area contributed by atoms with Crippen LogP contribution in [0.25, 0.3) is 16.9 Å². The van der Waals surface area contributed by atoms with Crippen LogP contribution < -0.4 is 4.90 Å². The Morgan fingerprint density at radius 1 is 1.10 bits per heavy atom. The van der Waals surface area contributed by atoms with Crippen molar-refractivity contribution in [3.05, 3.63) is 47.3 Å². The fraction of sp³-hybridized carbons (Fsp3) is 0.586. The molecule has 0 radical (unpaired) electrons. The van der Waals surface area contributed by atoms with Crippen molar-refractivity contribution in [2.45, 2.75) is 84.4 Å². The zero-order chi connectivity index (χ0) is 29.9. The summed E-state index contributed by atoms with van der Waals surface area (Å²) in [5, 5.41) is 8.39. The molecule has 42 heavy (non-hydrogen) atoms. The largest absolute Gasteiger partial charge is 0.419 e. The maximum Gasteiger partial charge on any atom is 0.419 e. The van der Waals surface area contributed by atoms with Crippen LogP contribution in [0.2, 0.25) is 0 Å². The molecule has 0 bridgehead atoms. The lowest BCUT2D eigenvalue weighted by Crippen LogP contribution is -2.58. The molecular formula is C29H36F4N8O. The first-order chi connectivity index (χ1) is 19.9. The average molecular weight is 589 g/mol. The molecule has 0 amide bonds. The summed E-state index contributed by atoms with van der Waals surface area (Å²) in [5.41, 5.74) is 0.927. The van der Waals surface area contributed by atoms with Gasteiger partial charge in [0.1, 0.15) is 23.5 Å². The van der Waals surface area contributed by atoms with E-state index in [1.165, 1.54) is 6.07 Å². The van der Waals surface area contributed by atoms with Crippen LogP contribution in [0.15, 0.2) is 24.5 Å². The Bertz CT molecular complexity index is 1590. The van der Waals surface area contributed by atoms with Gasteiger partial charge in [-0.05, 0) is 57.2 Å². The lowest BCUT2D eigenvalue weighted by atomic mass is 9.90. The Morgan fingerprint density at radius 2 is 1.88 bits per heavy atom. The summed E-state index contributed by atoms with van der Waals surface area (Å²) in [6.07, 6.45) is -0.917. The molecule has 13 heteroatoms. The maximum absolute atomic E-state index is 14.6. The third-order valence-corrected chi connectivity index (χ3v) is 8.65. The van der Waals surface area contributed by atoms with E-state index in [0.717, 1.165) is 54.4 Å². The number of alkyl halides is 3. The number of hydrogen-bond acceptors (Lipinski definition) is 7.